The Kier molecular flexibility index (Phi) is 7.52. The summed E-state index contributed by atoms with van der Waals surface area (Å²) in [6, 6.07) is 17.6. The molecule has 0 aliphatic carbocycles. The molecule has 0 aliphatic rings. The normalized spacial score (nSPS) is 11.0. The number of aromatic nitrogens is 1. The first-order valence-corrected chi connectivity index (χ1v) is 11.7. The zero-order valence-electron chi connectivity index (χ0n) is 18.1. The van der Waals surface area contributed by atoms with Crippen molar-refractivity contribution in [1.82, 2.24) is 10.6 Å². The molecular weight excluding hydrogens is 585 g/mol. The van der Waals surface area contributed by atoms with Gasteiger partial charge in [-0.05, 0) is 53.2 Å². The number of hydrazone groups is 1. The molecule has 1 aromatic heterocycles. The minimum atomic E-state index is -0.751. The number of nitrogens with zero attached hydrogens (tertiary/aromatic N) is 2. The van der Waals surface area contributed by atoms with Crippen molar-refractivity contribution in [2.24, 2.45) is 5.10 Å². The number of amides is 1. The van der Waals surface area contributed by atoms with Crippen LogP contribution in [0.25, 0.3) is 11.3 Å². The molecule has 35 heavy (non-hydrogen) atoms. The van der Waals surface area contributed by atoms with Crippen LogP contribution in [-0.2, 0) is 0 Å². The lowest BCUT2D eigenvalue weighted by atomic mass is 10.1. The van der Waals surface area contributed by atoms with Crippen molar-refractivity contribution >= 4 is 50.0 Å². The van der Waals surface area contributed by atoms with E-state index in [1.54, 1.807) is 19.1 Å². The van der Waals surface area contributed by atoms with Crippen molar-refractivity contribution in [2.45, 2.75) is 6.92 Å². The number of hydrogen-bond acceptors (Lipinski definition) is 6. The van der Waals surface area contributed by atoms with Crippen molar-refractivity contribution in [3.63, 3.8) is 0 Å². The predicted molar refractivity (Wildman–Crippen MR) is 135 cm³/mol. The molecule has 1 amide bonds. The Balaban J connectivity index is 1.57. The molecule has 0 spiro atoms. The number of ether oxygens (including phenoxy) is 1. The average Bonchev–Trinajstić information content (AvgIpc) is 3.23. The largest absolute Gasteiger partial charge is 0.421 e. The number of carbonyl (C=O) groups excluding carboxylic acids is 2. The third-order valence-corrected chi connectivity index (χ3v) is 5.85. The summed E-state index contributed by atoms with van der Waals surface area (Å²) in [5.74, 6) is -1.35. The third kappa shape index (κ3) is 5.72. The summed E-state index contributed by atoms with van der Waals surface area (Å²) in [4.78, 5) is 25.4. The van der Waals surface area contributed by atoms with E-state index in [1.807, 2.05) is 30.3 Å². The van der Waals surface area contributed by atoms with Crippen molar-refractivity contribution in [3.05, 3.63) is 104 Å². The van der Waals surface area contributed by atoms with Crippen LogP contribution in [0.3, 0.4) is 0 Å². The van der Waals surface area contributed by atoms with Gasteiger partial charge in [0.1, 0.15) is 22.8 Å². The Hall–Kier alpha value is -3.63. The molecule has 4 rings (SSSR count). The van der Waals surface area contributed by atoms with Crippen LogP contribution in [0.4, 0.5) is 4.39 Å². The van der Waals surface area contributed by atoms with Crippen LogP contribution in [0.15, 0.2) is 85.3 Å². The number of benzene rings is 3. The van der Waals surface area contributed by atoms with Gasteiger partial charge in [-0.3, -0.25) is 4.79 Å². The van der Waals surface area contributed by atoms with Gasteiger partial charge < -0.3 is 9.26 Å². The second-order valence-corrected chi connectivity index (χ2v) is 9.00. The van der Waals surface area contributed by atoms with Crippen LogP contribution in [-0.4, -0.2) is 23.2 Å². The molecule has 0 fully saturated rings. The molecule has 10 heteroatoms. The second-order valence-electron chi connectivity index (χ2n) is 7.23. The Morgan fingerprint density at radius 1 is 1.09 bits per heavy atom. The number of nitrogens with one attached hydrogen (secondary N) is 1. The van der Waals surface area contributed by atoms with E-state index >= 15 is 0 Å². The molecule has 1 heterocycles. The highest BCUT2D eigenvalue weighted by molar-refractivity contribution is 9.11. The van der Waals surface area contributed by atoms with Gasteiger partial charge in [0.25, 0.3) is 5.91 Å². The Morgan fingerprint density at radius 3 is 2.60 bits per heavy atom. The molecule has 0 saturated heterocycles. The van der Waals surface area contributed by atoms with Gasteiger partial charge in [0, 0.05) is 15.6 Å². The summed E-state index contributed by atoms with van der Waals surface area (Å²) in [7, 11) is 0. The maximum Gasteiger partial charge on any atom is 0.343 e. The number of aryl methyl sites for hydroxylation is 1. The first kappa shape index (κ1) is 24.5. The summed E-state index contributed by atoms with van der Waals surface area (Å²) in [5, 5.41) is 8.02. The number of hydrogen-bond donors (Lipinski definition) is 1. The Bertz CT molecular complexity index is 1440. The number of halogens is 3. The minimum absolute atomic E-state index is 0.0485. The lowest BCUT2D eigenvalue weighted by molar-refractivity contribution is 0.0732. The molecule has 1 N–H and O–H groups in total. The molecule has 3 aromatic carbocycles. The SMILES string of the molecule is Cc1onc(-c2ccccc2)c1C(=O)NN=Cc1cc(Br)cc(Br)c1OC(=O)c1cccc(F)c1. The lowest BCUT2D eigenvalue weighted by Crippen LogP contribution is -2.19. The summed E-state index contributed by atoms with van der Waals surface area (Å²) in [5.41, 5.74) is 4.25. The van der Waals surface area contributed by atoms with Crippen LogP contribution in [0.5, 0.6) is 5.75 Å². The monoisotopic (exact) mass is 599 g/mol. The summed E-state index contributed by atoms with van der Waals surface area (Å²) >= 11 is 6.74. The first-order valence-electron chi connectivity index (χ1n) is 10.2. The minimum Gasteiger partial charge on any atom is -0.421 e. The molecular formula is C25H16Br2FN3O4. The Morgan fingerprint density at radius 2 is 1.86 bits per heavy atom. The van der Waals surface area contributed by atoms with Crippen LogP contribution in [0, 0.1) is 12.7 Å². The number of rotatable bonds is 6. The maximum absolute atomic E-state index is 13.5. The van der Waals surface area contributed by atoms with Crippen LogP contribution in [0.2, 0.25) is 0 Å². The molecule has 0 atom stereocenters. The van der Waals surface area contributed by atoms with Gasteiger partial charge in [-0.1, -0.05) is 57.5 Å². The molecule has 4 aromatic rings. The van der Waals surface area contributed by atoms with Crippen molar-refractivity contribution in [2.75, 3.05) is 0 Å². The lowest BCUT2D eigenvalue weighted by Gasteiger charge is -2.10. The average molecular weight is 601 g/mol. The number of carbonyl (C=O) groups is 2. The van der Waals surface area contributed by atoms with Crippen LogP contribution >= 0.6 is 31.9 Å². The molecule has 0 bridgehead atoms. The van der Waals surface area contributed by atoms with Gasteiger partial charge in [-0.25, -0.2) is 14.6 Å². The summed E-state index contributed by atoms with van der Waals surface area (Å²) in [6.07, 6.45) is 1.33. The fraction of sp³-hybridized carbons (Fsp3) is 0.0400. The quantitative estimate of drug-likeness (QED) is 0.121. The fourth-order valence-corrected chi connectivity index (χ4v) is 4.54. The first-order chi connectivity index (χ1) is 16.8. The molecule has 0 aliphatic heterocycles. The number of esters is 1. The van der Waals surface area contributed by atoms with E-state index in [9.17, 15) is 14.0 Å². The smallest absolute Gasteiger partial charge is 0.343 e. The van der Waals surface area contributed by atoms with E-state index in [-0.39, 0.29) is 16.9 Å². The molecule has 0 radical (unpaired) electrons. The molecule has 176 valence electrons. The standard InChI is InChI=1S/C25H16Br2FN3O4/c1-14-21(22(31-35-14)15-6-3-2-4-7-15)24(32)30-29-13-17-10-18(26)12-20(27)23(17)34-25(33)16-8-5-9-19(28)11-16/h2-13H,1H3,(H,30,32). The van der Waals surface area contributed by atoms with Crippen LogP contribution in [0.1, 0.15) is 32.0 Å². The second kappa shape index (κ2) is 10.7. The van der Waals surface area contributed by atoms with E-state index in [0.717, 1.165) is 11.6 Å². The zero-order chi connectivity index (χ0) is 24.9. The zero-order valence-corrected chi connectivity index (χ0v) is 21.3. The van der Waals surface area contributed by atoms with E-state index in [1.165, 1.54) is 24.4 Å². The molecule has 0 unspecified atom stereocenters. The van der Waals surface area contributed by atoms with Crippen molar-refractivity contribution in [1.29, 1.82) is 0 Å². The van der Waals surface area contributed by atoms with Crippen LogP contribution < -0.4 is 10.2 Å². The third-order valence-electron chi connectivity index (χ3n) is 4.80. The maximum atomic E-state index is 13.5. The Labute approximate surface area is 216 Å². The molecule has 0 saturated carbocycles. The van der Waals surface area contributed by atoms with E-state index in [2.05, 4.69) is 47.5 Å². The van der Waals surface area contributed by atoms with E-state index < -0.39 is 17.7 Å². The van der Waals surface area contributed by atoms with Gasteiger partial charge in [0.15, 0.2) is 5.75 Å². The van der Waals surface area contributed by atoms with Crippen molar-refractivity contribution < 1.29 is 23.2 Å². The molecule has 7 nitrogen and oxygen atoms in total. The van der Waals surface area contributed by atoms with Gasteiger partial charge in [0.05, 0.1) is 16.3 Å². The van der Waals surface area contributed by atoms with Gasteiger partial charge in [0.2, 0.25) is 0 Å². The van der Waals surface area contributed by atoms with E-state index in [0.29, 0.717) is 26.0 Å². The van der Waals surface area contributed by atoms with Gasteiger partial charge >= 0.3 is 5.97 Å². The van der Waals surface area contributed by atoms with Crippen molar-refractivity contribution in [3.8, 4) is 17.0 Å². The highest BCUT2D eigenvalue weighted by Crippen LogP contribution is 2.33. The predicted octanol–water partition coefficient (Wildman–Crippen LogP) is 6.30. The topological polar surface area (TPSA) is 93.8 Å². The summed E-state index contributed by atoms with van der Waals surface area (Å²) < 4.78 is 25.3. The van der Waals surface area contributed by atoms with E-state index in [4.69, 9.17) is 9.26 Å². The van der Waals surface area contributed by atoms with Gasteiger partial charge in [-0.15, -0.1) is 0 Å². The summed E-state index contributed by atoms with van der Waals surface area (Å²) in [6.45, 7) is 1.63. The highest BCUT2D eigenvalue weighted by Gasteiger charge is 2.21. The van der Waals surface area contributed by atoms with Gasteiger partial charge in [-0.2, -0.15) is 5.10 Å². The highest BCUT2D eigenvalue weighted by atomic mass is 79.9. The fourth-order valence-electron chi connectivity index (χ4n) is 3.20.